The fourth-order valence-corrected chi connectivity index (χ4v) is 2.93. The molecule has 2 aromatic rings. The summed E-state index contributed by atoms with van der Waals surface area (Å²) in [7, 11) is 3.85. The maximum atomic E-state index is 11.9. The molecular weight excluding hydrogens is 451 g/mol. The van der Waals surface area contributed by atoms with Crippen molar-refractivity contribution in [1.29, 1.82) is 0 Å². The molecule has 0 bridgehead atoms. The standard InChI is InChI=1S/C21H30N4O.HI/c1-17-10-12-19(13-11-17)16-24(4)21(22-3)23-14-5-6-15-25-18(2)8-7-9-20(25)26;/h7-13H,5-6,14-16H2,1-4H3,(H,22,23);1H. The first kappa shape index (κ1) is 23.2. The third-order valence-electron chi connectivity index (χ3n) is 4.47. The number of benzene rings is 1. The Morgan fingerprint density at radius 1 is 1.11 bits per heavy atom. The van der Waals surface area contributed by atoms with Gasteiger partial charge in [0.2, 0.25) is 0 Å². The molecule has 0 saturated heterocycles. The maximum Gasteiger partial charge on any atom is 0.250 e. The lowest BCUT2D eigenvalue weighted by Crippen LogP contribution is -2.39. The Hall–Kier alpha value is -1.83. The van der Waals surface area contributed by atoms with E-state index in [9.17, 15) is 4.79 Å². The summed E-state index contributed by atoms with van der Waals surface area (Å²) in [6, 6.07) is 14.0. The van der Waals surface area contributed by atoms with Gasteiger partial charge in [-0.1, -0.05) is 35.9 Å². The lowest BCUT2D eigenvalue weighted by Gasteiger charge is -2.22. The predicted octanol–water partition coefficient (Wildman–Crippen LogP) is 3.57. The highest BCUT2D eigenvalue weighted by molar-refractivity contribution is 14.0. The molecule has 0 atom stereocenters. The zero-order valence-corrected chi connectivity index (χ0v) is 19.1. The predicted molar refractivity (Wildman–Crippen MR) is 124 cm³/mol. The van der Waals surface area contributed by atoms with Gasteiger partial charge in [-0.25, -0.2) is 0 Å². The lowest BCUT2D eigenvalue weighted by molar-refractivity contribution is 0.472. The summed E-state index contributed by atoms with van der Waals surface area (Å²) in [5.74, 6) is 0.888. The first-order valence-corrected chi connectivity index (χ1v) is 9.15. The summed E-state index contributed by atoms with van der Waals surface area (Å²) in [6.45, 7) is 6.48. The molecule has 1 N–H and O–H groups in total. The molecule has 0 aliphatic heterocycles. The van der Waals surface area contributed by atoms with Gasteiger partial charge in [0.1, 0.15) is 0 Å². The van der Waals surface area contributed by atoms with Crippen LogP contribution < -0.4 is 10.9 Å². The molecule has 0 spiro atoms. The maximum absolute atomic E-state index is 11.9. The Kier molecular flexibility index (Phi) is 10.1. The van der Waals surface area contributed by atoms with Crippen molar-refractivity contribution in [3.8, 4) is 0 Å². The Labute approximate surface area is 179 Å². The van der Waals surface area contributed by atoms with Gasteiger partial charge in [0.15, 0.2) is 5.96 Å². The minimum atomic E-state index is 0. The van der Waals surface area contributed by atoms with E-state index in [1.54, 1.807) is 13.1 Å². The first-order chi connectivity index (χ1) is 12.5. The summed E-state index contributed by atoms with van der Waals surface area (Å²) < 4.78 is 1.83. The van der Waals surface area contributed by atoms with Crippen LogP contribution >= 0.6 is 24.0 Å². The second kappa shape index (κ2) is 11.8. The summed E-state index contributed by atoms with van der Waals surface area (Å²) in [5.41, 5.74) is 3.62. The van der Waals surface area contributed by atoms with Crippen LogP contribution in [0.2, 0.25) is 0 Å². The average Bonchev–Trinajstić information content (AvgIpc) is 2.62. The zero-order chi connectivity index (χ0) is 18.9. The van der Waals surface area contributed by atoms with E-state index in [0.29, 0.717) is 0 Å². The number of unbranched alkanes of at least 4 members (excludes halogenated alkanes) is 1. The quantitative estimate of drug-likeness (QED) is 0.284. The first-order valence-electron chi connectivity index (χ1n) is 9.15. The lowest BCUT2D eigenvalue weighted by atomic mass is 10.1. The van der Waals surface area contributed by atoms with Crippen molar-refractivity contribution in [1.82, 2.24) is 14.8 Å². The number of hydrogen-bond acceptors (Lipinski definition) is 2. The third-order valence-corrected chi connectivity index (χ3v) is 4.47. The molecule has 0 unspecified atom stereocenters. The molecule has 0 aliphatic carbocycles. The van der Waals surface area contributed by atoms with Crippen molar-refractivity contribution in [3.05, 3.63) is 69.6 Å². The van der Waals surface area contributed by atoms with Crippen molar-refractivity contribution in [2.45, 2.75) is 39.8 Å². The Balaban J connectivity index is 0.00000364. The number of nitrogens with zero attached hydrogens (tertiary/aromatic N) is 3. The summed E-state index contributed by atoms with van der Waals surface area (Å²) >= 11 is 0. The minimum absolute atomic E-state index is 0. The second-order valence-corrected chi connectivity index (χ2v) is 6.68. The molecule has 0 amide bonds. The summed E-state index contributed by atoms with van der Waals surface area (Å²) in [4.78, 5) is 18.3. The molecular formula is C21H31IN4O. The normalized spacial score (nSPS) is 11.0. The number of pyridine rings is 1. The van der Waals surface area contributed by atoms with E-state index in [1.807, 2.05) is 30.7 Å². The molecule has 5 nitrogen and oxygen atoms in total. The van der Waals surface area contributed by atoms with Crippen LogP contribution in [0.5, 0.6) is 0 Å². The van der Waals surface area contributed by atoms with Gasteiger partial charge < -0.3 is 14.8 Å². The SMILES string of the molecule is CN=C(NCCCCn1c(C)cccc1=O)N(C)Cc1ccc(C)cc1.I. The number of hydrogen-bond donors (Lipinski definition) is 1. The number of halogens is 1. The number of aryl methyl sites for hydroxylation is 2. The van der Waals surface area contributed by atoms with Crippen LogP contribution in [-0.2, 0) is 13.1 Å². The Bertz CT molecular complexity index is 784. The van der Waals surface area contributed by atoms with Crippen LogP contribution in [-0.4, -0.2) is 36.1 Å². The third kappa shape index (κ3) is 7.36. The number of guanidine groups is 1. The van der Waals surface area contributed by atoms with E-state index in [0.717, 1.165) is 44.1 Å². The largest absolute Gasteiger partial charge is 0.356 e. The van der Waals surface area contributed by atoms with Gasteiger partial charge in [-0.15, -0.1) is 24.0 Å². The van der Waals surface area contributed by atoms with E-state index in [1.165, 1.54) is 11.1 Å². The van der Waals surface area contributed by atoms with Gasteiger partial charge in [0.05, 0.1) is 0 Å². The monoisotopic (exact) mass is 482 g/mol. The van der Waals surface area contributed by atoms with E-state index in [-0.39, 0.29) is 29.5 Å². The van der Waals surface area contributed by atoms with Crippen LogP contribution in [0, 0.1) is 13.8 Å². The van der Waals surface area contributed by atoms with E-state index < -0.39 is 0 Å². The zero-order valence-electron chi connectivity index (χ0n) is 16.7. The highest BCUT2D eigenvalue weighted by atomic mass is 127. The van der Waals surface area contributed by atoms with Crippen molar-refractivity contribution in [3.63, 3.8) is 0 Å². The van der Waals surface area contributed by atoms with Crippen LogP contribution in [0.4, 0.5) is 0 Å². The highest BCUT2D eigenvalue weighted by Gasteiger charge is 2.06. The van der Waals surface area contributed by atoms with Crippen LogP contribution in [0.15, 0.2) is 52.3 Å². The molecule has 0 aliphatic rings. The Morgan fingerprint density at radius 2 is 1.81 bits per heavy atom. The van der Waals surface area contributed by atoms with Gasteiger partial charge >= 0.3 is 0 Å². The molecule has 0 radical (unpaired) electrons. The van der Waals surface area contributed by atoms with Crippen molar-refractivity contribution in [2.24, 2.45) is 4.99 Å². The second-order valence-electron chi connectivity index (χ2n) is 6.68. The smallest absolute Gasteiger partial charge is 0.250 e. The fourth-order valence-electron chi connectivity index (χ4n) is 2.93. The van der Waals surface area contributed by atoms with Crippen LogP contribution in [0.25, 0.3) is 0 Å². The molecule has 0 saturated carbocycles. The van der Waals surface area contributed by atoms with Gasteiger partial charge in [-0.05, 0) is 38.3 Å². The highest BCUT2D eigenvalue weighted by Crippen LogP contribution is 2.06. The fraction of sp³-hybridized carbons (Fsp3) is 0.429. The number of aliphatic imine (C=N–C) groups is 1. The number of nitrogens with one attached hydrogen (secondary N) is 1. The molecule has 2 rings (SSSR count). The molecule has 1 aromatic heterocycles. The molecule has 27 heavy (non-hydrogen) atoms. The number of aromatic nitrogens is 1. The van der Waals surface area contributed by atoms with Gasteiger partial charge in [0.25, 0.3) is 5.56 Å². The molecule has 148 valence electrons. The molecule has 1 heterocycles. The van der Waals surface area contributed by atoms with Gasteiger partial charge in [-0.3, -0.25) is 9.79 Å². The van der Waals surface area contributed by atoms with Gasteiger partial charge in [0, 0.05) is 45.5 Å². The number of rotatable bonds is 7. The van der Waals surface area contributed by atoms with Gasteiger partial charge in [-0.2, -0.15) is 0 Å². The minimum Gasteiger partial charge on any atom is -0.356 e. The van der Waals surface area contributed by atoms with Crippen molar-refractivity contribution in [2.75, 3.05) is 20.6 Å². The Morgan fingerprint density at radius 3 is 2.44 bits per heavy atom. The summed E-state index contributed by atoms with van der Waals surface area (Å²) in [6.07, 6.45) is 1.94. The average molecular weight is 482 g/mol. The van der Waals surface area contributed by atoms with E-state index in [4.69, 9.17) is 0 Å². The van der Waals surface area contributed by atoms with Crippen molar-refractivity contribution >= 4 is 29.9 Å². The van der Waals surface area contributed by atoms with Crippen LogP contribution in [0.3, 0.4) is 0 Å². The van der Waals surface area contributed by atoms with Crippen molar-refractivity contribution < 1.29 is 0 Å². The van der Waals surface area contributed by atoms with E-state index >= 15 is 0 Å². The summed E-state index contributed by atoms with van der Waals surface area (Å²) in [5, 5.41) is 3.40. The topological polar surface area (TPSA) is 49.6 Å². The molecule has 0 fully saturated rings. The van der Waals surface area contributed by atoms with E-state index in [2.05, 4.69) is 46.4 Å². The molecule has 1 aromatic carbocycles. The molecule has 6 heteroatoms. The van der Waals surface area contributed by atoms with Crippen LogP contribution in [0.1, 0.15) is 29.7 Å².